The van der Waals surface area contributed by atoms with Crippen molar-refractivity contribution < 1.29 is 61.6 Å². The molecule has 0 unspecified atom stereocenters. The van der Waals surface area contributed by atoms with Gasteiger partial charge < -0.3 is 56.8 Å². The molecule has 0 aliphatic carbocycles. The SMILES string of the molecule is CCCCCCCCCC(=O)OCCOCCOCCOCCOCCOCCOCCOCCOCCOCCOCCOCCCCCCC. The summed E-state index contributed by atoms with van der Waals surface area (Å²) >= 11 is 0. The fourth-order valence-electron chi connectivity index (χ4n) is 4.62. The zero-order chi connectivity index (χ0) is 37.5. The average molecular weight is 755 g/mol. The maximum atomic E-state index is 11.7. The van der Waals surface area contributed by atoms with Gasteiger partial charge in [0, 0.05) is 13.0 Å². The van der Waals surface area contributed by atoms with E-state index < -0.39 is 0 Å². The Morgan fingerprint density at radius 3 is 0.808 bits per heavy atom. The van der Waals surface area contributed by atoms with E-state index >= 15 is 0 Å². The van der Waals surface area contributed by atoms with Crippen LogP contribution in [-0.2, 0) is 61.6 Å². The molecule has 0 aromatic heterocycles. The van der Waals surface area contributed by atoms with Gasteiger partial charge in [-0.1, -0.05) is 78.1 Å². The number of unbranched alkanes of at least 4 members (excludes halogenated alkanes) is 10. The number of hydrogen-bond acceptors (Lipinski definition) is 13. The molecule has 0 bridgehead atoms. The lowest BCUT2D eigenvalue weighted by Crippen LogP contribution is -2.15. The van der Waals surface area contributed by atoms with Crippen LogP contribution in [0, 0.1) is 0 Å². The summed E-state index contributed by atoms with van der Waals surface area (Å²) in [5, 5.41) is 0. The molecule has 0 aromatic rings. The molecule has 0 aromatic carbocycles. The molecule has 0 radical (unpaired) electrons. The monoisotopic (exact) mass is 755 g/mol. The van der Waals surface area contributed by atoms with Gasteiger partial charge in [0.1, 0.15) is 6.61 Å². The number of esters is 1. The van der Waals surface area contributed by atoms with E-state index in [4.69, 9.17) is 56.8 Å². The number of rotatable bonds is 47. The van der Waals surface area contributed by atoms with Gasteiger partial charge in [-0.25, -0.2) is 0 Å². The van der Waals surface area contributed by atoms with Crippen LogP contribution in [0.2, 0.25) is 0 Å². The predicted octanol–water partition coefficient (Wildman–Crippen LogP) is 5.82. The van der Waals surface area contributed by atoms with Crippen LogP contribution in [0.25, 0.3) is 0 Å². The van der Waals surface area contributed by atoms with E-state index in [0.717, 1.165) is 25.9 Å². The first kappa shape index (κ1) is 51.0. The smallest absolute Gasteiger partial charge is 0.305 e. The molecule has 0 atom stereocenters. The van der Waals surface area contributed by atoms with Crippen molar-refractivity contribution in [3.8, 4) is 0 Å². The van der Waals surface area contributed by atoms with Crippen molar-refractivity contribution >= 4 is 5.97 Å². The molecule has 0 N–H and O–H groups in total. The van der Waals surface area contributed by atoms with Gasteiger partial charge in [-0.2, -0.15) is 0 Å². The number of ether oxygens (including phenoxy) is 12. The maximum Gasteiger partial charge on any atom is 0.305 e. The second-order valence-electron chi connectivity index (χ2n) is 12.2. The molecule has 0 rings (SSSR count). The summed E-state index contributed by atoms with van der Waals surface area (Å²) in [6.07, 6.45) is 15.1. The van der Waals surface area contributed by atoms with Gasteiger partial charge in [-0.05, 0) is 12.8 Å². The summed E-state index contributed by atoms with van der Waals surface area (Å²) in [6, 6.07) is 0. The largest absolute Gasteiger partial charge is 0.463 e. The molecular weight excluding hydrogens is 676 g/mol. The highest BCUT2D eigenvalue weighted by molar-refractivity contribution is 5.69. The third-order valence-electron chi connectivity index (χ3n) is 7.59. The van der Waals surface area contributed by atoms with E-state index in [1.54, 1.807) is 0 Å². The molecule has 52 heavy (non-hydrogen) atoms. The van der Waals surface area contributed by atoms with Crippen molar-refractivity contribution in [2.24, 2.45) is 0 Å². The van der Waals surface area contributed by atoms with Crippen molar-refractivity contribution in [1.82, 2.24) is 0 Å². The molecule has 0 aliphatic heterocycles. The van der Waals surface area contributed by atoms with E-state index in [9.17, 15) is 4.79 Å². The lowest BCUT2D eigenvalue weighted by atomic mass is 10.1. The molecule has 13 heteroatoms. The summed E-state index contributed by atoms with van der Waals surface area (Å²) in [5.41, 5.74) is 0. The molecule has 312 valence electrons. The first-order valence-corrected chi connectivity index (χ1v) is 20.3. The van der Waals surface area contributed by atoms with Crippen molar-refractivity contribution in [3.63, 3.8) is 0 Å². The lowest BCUT2D eigenvalue weighted by Gasteiger charge is -2.09. The van der Waals surface area contributed by atoms with Crippen molar-refractivity contribution in [2.75, 3.05) is 152 Å². The normalized spacial score (nSPS) is 11.5. The van der Waals surface area contributed by atoms with Crippen LogP contribution in [0.4, 0.5) is 0 Å². The van der Waals surface area contributed by atoms with E-state index in [0.29, 0.717) is 145 Å². The highest BCUT2D eigenvalue weighted by Crippen LogP contribution is 2.08. The summed E-state index contributed by atoms with van der Waals surface area (Å²) < 4.78 is 65.7. The Hall–Kier alpha value is -0.970. The van der Waals surface area contributed by atoms with E-state index in [2.05, 4.69) is 13.8 Å². The summed E-state index contributed by atoms with van der Waals surface area (Å²) in [5.74, 6) is -0.139. The van der Waals surface area contributed by atoms with Gasteiger partial charge >= 0.3 is 5.97 Å². The summed E-state index contributed by atoms with van der Waals surface area (Å²) in [7, 11) is 0. The Labute approximate surface area is 316 Å². The van der Waals surface area contributed by atoms with Crippen LogP contribution in [0.1, 0.15) is 97.3 Å². The Balaban J connectivity index is 3.09. The Morgan fingerprint density at radius 1 is 0.269 bits per heavy atom. The van der Waals surface area contributed by atoms with Gasteiger partial charge in [0.05, 0.1) is 139 Å². The lowest BCUT2D eigenvalue weighted by molar-refractivity contribution is -0.145. The van der Waals surface area contributed by atoms with Crippen molar-refractivity contribution in [2.45, 2.75) is 97.3 Å². The van der Waals surface area contributed by atoms with E-state index in [1.807, 2.05) is 0 Å². The minimum absolute atomic E-state index is 0.139. The third-order valence-corrected chi connectivity index (χ3v) is 7.59. The summed E-state index contributed by atoms with van der Waals surface area (Å²) in [4.78, 5) is 11.7. The number of carbonyl (C=O) groups is 1. The Bertz CT molecular complexity index is 660. The van der Waals surface area contributed by atoms with Gasteiger partial charge in [0.2, 0.25) is 0 Å². The first-order valence-electron chi connectivity index (χ1n) is 20.3. The molecule has 0 heterocycles. The minimum Gasteiger partial charge on any atom is -0.463 e. The number of carbonyl (C=O) groups excluding carboxylic acids is 1. The zero-order valence-electron chi connectivity index (χ0n) is 33.3. The predicted molar refractivity (Wildman–Crippen MR) is 201 cm³/mol. The first-order chi connectivity index (χ1) is 25.8. The van der Waals surface area contributed by atoms with Crippen LogP contribution in [0.3, 0.4) is 0 Å². The van der Waals surface area contributed by atoms with Crippen molar-refractivity contribution in [3.05, 3.63) is 0 Å². The third kappa shape index (κ3) is 47.1. The van der Waals surface area contributed by atoms with Crippen LogP contribution in [0.15, 0.2) is 0 Å². The highest BCUT2D eigenvalue weighted by atomic mass is 16.6. The zero-order valence-corrected chi connectivity index (χ0v) is 33.3. The molecule has 13 nitrogen and oxygen atoms in total. The summed E-state index contributed by atoms with van der Waals surface area (Å²) in [6.45, 7) is 16.4. The number of hydrogen-bond donors (Lipinski definition) is 0. The molecule has 0 aliphatic rings. The average Bonchev–Trinajstić information content (AvgIpc) is 3.15. The molecule has 0 saturated carbocycles. The second-order valence-corrected chi connectivity index (χ2v) is 12.2. The molecule has 0 spiro atoms. The topological polar surface area (TPSA) is 128 Å². The standard InChI is InChI=1S/C39H78O13/c1-3-5-7-9-10-11-13-15-39(40)52-38-37-51-36-35-50-34-33-49-32-31-48-30-29-47-28-27-46-26-25-45-24-23-44-22-21-43-20-19-42-18-17-41-16-14-12-8-6-4-2/h3-38H2,1-2H3. The van der Waals surface area contributed by atoms with Crippen molar-refractivity contribution in [1.29, 1.82) is 0 Å². The fraction of sp³-hybridized carbons (Fsp3) is 0.974. The van der Waals surface area contributed by atoms with Crippen LogP contribution in [-0.4, -0.2) is 158 Å². The van der Waals surface area contributed by atoms with Crippen LogP contribution in [0.5, 0.6) is 0 Å². The maximum absolute atomic E-state index is 11.7. The van der Waals surface area contributed by atoms with Crippen LogP contribution >= 0.6 is 0 Å². The molecular formula is C39H78O13. The Kier molecular flexibility index (Phi) is 47.2. The minimum atomic E-state index is -0.139. The molecule has 0 amide bonds. The van der Waals surface area contributed by atoms with Gasteiger partial charge in [-0.15, -0.1) is 0 Å². The molecule has 0 fully saturated rings. The Morgan fingerprint density at radius 2 is 0.500 bits per heavy atom. The van der Waals surface area contributed by atoms with Gasteiger partial charge in [0.15, 0.2) is 0 Å². The highest BCUT2D eigenvalue weighted by Gasteiger charge is 2.03. The fourth-order valence-corrected chi connectivity index (χ4v) is 4.62. The quantitative estimate of drug-likeness (QED) is 0.0547. The van der Waals surface area contributed by atoms with E-state index in [1.165, 1.54) is 57.8 Å². The second kappa shape index (κ2) is 48.0. The van der Waals surface area contributed by atoms with E-state index in [-0.39, 0.29) is 12.6 Å². The van der Waals surface area contributed by atoms with Gasteiger partial charge in [-0.3, -0.25) is 4.79 Å². The van der Waals surface area contributed by atoms with Gasteiger partial charge in [0.25, 0.3) is 0 Å². The molecule has 0 saturated heterocycles. The van der Waals surface area contributed by atoms with Crippen LogP contribution < -0.4 is 0 Å².